The molecule has 0 saturated heterocycles. The minimum absolute atomic E-state index is 0.0206. The number of hydrogen-bond acceptors (Lipinski definition) is 2. The van der Waals surface area contributed by atoms with E-state index in [1.165, 1.54) is 0 Å². The third-order valence-corrected chi connectivity index (χ3v) is 2.63. The summed E-state index contributed by atoms with van der Waals surface area (Å²) in [6.07, 6.45) is -2.89. The quantitative estimate of drug-likeness (QED) is 0.689. The van der Waals surface area contributed by atoms with Gasteiger partial charge in [-0.05, 0) is 22.0 Å². The predicted molar refractivity (Wildman–Crippen MR) is 53.4 cm³/mol. The Hall–Kier alpha value is -0.750. The van der Waals surface area contributed by atoms with Gasteiger partial charge in [0.1, 0.15) is 4.60 Å². The second-order valence-electron chi connectivity index (χ2n) is 2.62. The monoisotopic (exact) mass is 299 g/mol. The molecule has 1 N–H and O–H groups in total. The van der Waals surface area contributed by atoms with Crippen molar-refractivity contribution < 1.29 is 18.7 Å². The first-order valence-electron chi connectivity index (χ1n) is 3.74. The van der Waals surface area contributed by atoms with Gasteiger partial charge in [-0.2, -0.15) is 0 Å². The summed E-state index contributed by atoms with van der Waals surface area (Å²) in [4.78, 5) is 14.1. The maximum Gasteiger partial charge on any atom is 0.355 e. The van der Waals surface area contributed by atoms with E-state index < -0.39 is 23.7 Å². The van der Waals surface area contributed by atoms with Crippen LogP contribution in [0.5, 0.6) is 0 Å². The summed E-state index contributed by atoms with van der Waals surface area (Å²) in [5.41, 5.74) is -0.955. The number of aromatic carboxylic acids is 1. The molecule has 7 heteroatoms. The highest BCUT2D eigenvalue weighted by Crippen LogP contribution is 2.27. The highest BCUT2D eigenvalue weighted by Gasteiger charge is 2.21. The van der Waals surface area contributed by atoms with E-state index in [4.69, 9.17) is 16.7 Å². The number of pyridine rings is 1. The zero-order chi connectivity index (χ0) is 11.6. The lowest BCUT2D eigenvalue weighted by atomic mass is 10.1. The lowest BCUT2D eigenvalue weighted by Crippen LogP contribution is -2.08. The Morgan fingerprint density at radius 1 is 1.67 bits per heavy atom. The number of alkyl halides is 3. The molecule has 0 aliphatic rings. The van der Waals surface area contributed by atoms with Gasteiger partial charge in [-0.15, -0.1) is 11.6 Å². The Morgan fingerprint density at radius 3 is 2.67 bits per heavy atom. The van der Waals surface area contributed by atoms with Crippen molar-refractivity contribution in [1.82, 2.24) is 4.98 Å². The van der Waals surface area contributed by atoms with Crippen molar-refractivity contribution in [2.75, 3.05) is 0 Å². The van der Waals surface area contributed by atoms with E-state index in [-0.39, 0.29) is 10.5 Å². The molecule has 0 spiro atoms. The van der Waals surface area contributed by atoms with Crippen molar-refractivity contribution >= 4 is 33.5 Å². The van der Waals surface area contributed by atoms with Crippen LogP contribution in [0.4, 0.5) is 8.78 Å². The molecule has 0 atom stereocenters. The Balaban J connectivity index is 3.38. The summed E-state index contributed by atoms with van der Waals surface area (Å²) in [5.74, 6) is -1.51. The van der Waals surface area contributed by atoms with Gasteiger partial charge in [0.05, 0.1) is 11.4 Å². The fourth-order valence-corrected chi connectivity index (χ4v) is 1.78. The number of carboxylic acids is 1. The zero-order valence-electron chi connectivity index (χ0n) is 7.18. The molecule has 0 bridgehead atoms. The van der Waals surface area contributed by atoms with E-state index in [9.17, 15) is 13.6 Å². The van der Waals surface area contributed by atoms with Crippen LogP contribution in [0.1, 0.15) is 28.0 Å². The van der Waals surface area contributed by atoms with Crippen molar-refractivity contribution in [3.05, 3.63) is 27.5 Å². The molecule has 1 heterocycles. The summed E-state index contributed by atoms with van der Waals surface area (Å²) in [7, 11) is 0. The van der Waals surface area contributed by atoms with Crippen LogP contribution in [0, 0.1) is 0 Å². The highest BCUT2D eigenvalue weighted by atomic mass is 79.9. The van der Waals surface area contributed by atoms with Gasteiger partial charge in [0, 0.05) is 5.56 Å². The summed E-state index contributed by atoms with van der Waals surface area (Å²) < 4.78 is 25.1. The van der Waals surface area contributed by atoms with Gasteiger partial charge in [-0.1, -0.05) is 0 Å². The smallest absolute Gasteiger partial charge is 0.355 e. The van der Waals surface area contributed by atoms with Gasteiger partial charge in [0.2, 0.25) is 0 Å². The average molecular weight is 300 g/mol. The average Bonchev–Trinajstić information content (AvgIpc) is 2.16. The molecule has 0 aliphatic carbocycles. The number of carboxylic acid groups (broad SMARTS) is 1. The van der Waals surface area contributed by atoms with Crippen molar-refractivity contribution in [2.45, 2.75) is 12.3 Å². The van der Waals surface area contributed by atoms with Crippen LogP contribution in [0.2, 0.25) is 0 Å². The van der Waals surface area contributed by atoms with Gasteiger partial charge >= 0.3 is 5.97 Å². The molecule has 0 radical (unpaired) electrons. The zero-order valence-corrected chi connectivity index (χ0v) is 9.52. The molecule has 0 saturated carbocycles. The van der Waals surface area contributed by atoms with Gasteiger partial charge in [-0.3, -0.25) is 0 Å². The van der Waals surface area contributed by atoms with Crippen molar-refractivity contribution in [3.8, 4) is 0 Å². The Bertz CT molecular complexity index is 400. The molecule has 1 aromatic heterocycles. The highest BCUT2D eigenvalue weighted by molar-refractivity contribution is 9.10. The molecule has 0 amide bonds. The summed E-state index contributed by atoms with van der Waals surface area (Å²) in [6.45, 7) is 0. The second kappa shape index (κ2) is 4.85. The molecule has 82 valence electrons. The van der Waals surface area contributed by atoms with E-state index in [2.05, 4.69) is 20.9 Å². The van der Waals surface area contributed by atoms with E-state index in [0.29, 0.717) is 5.56 Å². The number of carbonyl (C=O) groups is 1. The van der Waals surface area contributed by atoms with Crippen molar-refractivity contribution in [3.63, 3.8) is 0 Å². The summed E-state index contributed by atoms with van der Waals surface area (Å²) in [6, 6.07) is 1.04. The Kier molecular flexibility index (Phi) is 3.98. The van der Waals surface area contributed by atoms with Crippen LogP contribution in [0.3, 0.4) is 0 Å². The van der Waals surface area contributed by atoms with E-state index in [0.717, 1.165) is 6.07 Å². The molecule has 1 rings (SSSR count). The summed E-state index contributed by atoms with van der Waals surface area (Å²) in [5, 5.41) is 8.65. The fraction of sp³-hybridized carbons (Fsp3) is 0.250. The largest absolute Gasteiger partial charge is 0.476 e. The van der Waals surface area contributed by atoms with Gasteiger partial charge in [0.15, 0.2) is 5.69 Å². The summed E-state index contributed by atoms with van der Waals surface area (Å²) >= 11 is 8.43. The molecule has 1 aromatic rings. The van der Waals surface area contributed by atoms with Crippen molar-refractivity contribution in [2.24, 2.45) is 0 Å². The SMILES string of the molecule is O=C(O)c1nc(Br)c(CCl)cc1C(F)F. The van der Waals surface area contributed by atoms with Crippen LogP contribution in [-0.4, -0.2) is 16.1 Å². The molecular weight excluding hydrogens is 295 g/mol. The normalized spacial score (nSPS) is 10.7. The number of rotatable bonds is 3. The first-order valence-corrected chi connectivity index (χ1v) is 5.06. The van der Waals surface area contributed by atoms with E-state index in [1.54, 1.807) is 0 Å². The molecule has 0 aromatic carbocycles. The van der Waals surface area contributed by atoms with Crippen LogP contribution in [-0.2, 0) is 5.88 Å². The number of hydrogen-bond donors (Lipinski definition) is 1. The lowest BCUT2D eigenvalue weighted by Gasteiger charge is -2.07. The molecule has 0 aliphatic heterocycles. The maximum atomic E-state index is 12.5. The minimum Gasteiger partial charge on any atom is -0.476 e. The van der Waals surface area contributed by atoms with Gasteiger partial charge < -0.3 is 5.11 Å². The molecule has 15 heavy (non-hydrogen) atoms. The first-order chi connectivity index (χ1) is 6.97. The van der Waals surface area contributed by atoms with Crippen LogP contribution in [0.25, 0.3) is 0 Å². The maximum absolute atomic E-state index is 12.5. The van der Waals surface area contributed by atoms with Gasteiger partial charge in [0.25, 0.3) is 6.43 Å². The molecular formula is C8H5BrClF2NO2. The molecule has 0 unspecified atom stereocenters. The fourth-order valence-electron chi connectivity index (χ4n) is 0.981. The van der Waals surface area contributed by atoms with Crippen LogP contribution < -0.4 is 0 Å². The Morgan fingerprint density at radius 2 is 2.27 bits per heavy atom. The van der Waals surface area contributed by atoms with E-state index >= 15 is 0 Å². The van der Waals surface area contributed by atoms with Gasteiger partial charge in [-0.25, -0.2) is 18.6 Å². The molecule has 0 fully saturated rings. The lowest BCUT2D eigenvalue weighted by molar-refractivity contribution is 0.0676. The predicted octanol–water partition coefficient (Wildman–Crippen LogP) is 3.22. The second-order valence-corrected chi connectivity index (χ2v) is 3.63. The van der Waals surface area contributed by atoms with Crippen LogP contribution >= 0.6 is 27.5 Å². The number of nitrogens with zero attached hydrogens (tertiary/aromatic N) is 1. The number of halogens is 4. The Labute approximate surface area is 97.2 Å². The van der Waals surface area contributed by atoms with Crippen LogP contribution in [0.15, 0.2) is 10.7 Å². The third-order valence-electron chi connectivity index (χ3n) is 1.66. The third kappa shape index (κ3) is 2.63. The topological polar surface area (TPSA) is 50.2 Å². The standard InChI is InChI=1S/C8H5BrClF2NO2/c9-6-3(2-10)1-4(7(11)12)5(13-6)8(14)15/h1,7H,2H2,(H,14,15). The number of aromatic nitrogens is 1. The van der Waals surface area contributed by atoms with Crippen molar-refractivity contribution in [1.29, 1.82) is 0 Å². The van der Waals surface area contributed by atoms with E-state index in [1.807, 2.05) is 0 Å². The first kappa shape index (κ1) is 12.3. The molecule has 3 nitrogen and oxygen atoms in total. The minimum atomic E-state index is -2.89.